The minimum atomic E-state index is -1.21. The highest BCUT2D eigenvalue weighted by Gasteiger charge is 2.20. The van der Waals surface area contributed by atoms with Gasteiger partial charge in [-0.3, -0.25) is 9.59 Å². The van der Waals surface area contributed by atoms with Crippen LogP contribution in [0.2, 0.25) is 0 Å². The maximum absolute atomic E-state index is 13.5. The minimum Gasteiger partial charge on any atom is -0.453 e. The Bertz CT molecular complexity index is 764. The normalized spacial score (nSPS) is 11.7. The molecule has 1 N–H and O–H groups in total. The fraction of sp³-hybridized carbons (Fsp3) is 0.222. The Labute approximate surface area is 152 Å². The van der Waals surface area contributed by atoms with Crippen molar-refractivity contribution in [2.24, 2.45) is 0 Å². The highest BCUT2D eigenvalue weighted by atomic mass is 32.2. The second-order valence-electron chi connectivity index (χ2n) is 5.27. The van der Waals surface area contributed by atoms with Gasteiger partial charge in [0.25, 0.3) is 5.91 Å². The summed E-state index contributed by atoms with van der Waals surface area (Å²) in [5, 5.41) is 2.06. The van der Waals surface area contributed by atoms with Crippen LogP contribution in [0.1, 0.15) is 13.3 Å². The van der Waals surface area contributed by atoms with Gasteiger partial charge in [0, 0.05) is 10.6 Å². The number of hydrogen-bond donors (Lipinski definition) is 1. The van der Waals surface area contributed by atoms with Gasteiger partial charge in [-0.1, -0.05) is 6.07 Å². The van der Waals surface area contributed by atoms with E-state index >= 15 is 0 Å². The molecule has 138 valence electrons. The zero-order chi connectivity index (χ0) is 19.1. The van der Waals surface area contributed by atoms with Crippen molar-refractivity contribution in [3.63, 3.8) is 0 Å². The molecule has 0 aromatic heterocycles. The first-order valence-corrected chi connectivity index (χ1v) is 8.68. The number of rotatable bonds is 7. The smallest absolute Gasteiger partial charge is 0.307 e. The summed E-state index contributed by atoms with van der Waals surface area (Å²) in [7, 11) is 0. The zero-order valence-corrected chi connectivity index (χ0v) is 14.6. The minimum absolute atomic E-state index is 0.0215. The van der Waals surface area contributed by atoms with E-state index in [0.29, 0.717) is 5.75 Å². The average molecular weight is 383 g/mol. The van der Waals surface area contributed by atoms with Gasteiger partial charge in [-0.15, -0.1) is 11.8 Å². The van der Waals surface area contributed by atoms with E-state index < -0.39 is 35.3 Å². The first-order valence-electron chi connectivity index (χ1n) is 7.69. The zero-order valence-electron chi connectivity index (χ0n) is 13.8. The van der Waals surface area contributed by atoms with E-state index in [1.54, 1.807) is 12.1 Å². The fourth-order valence-electron chi connectivity index (χ4n) is 1.93. The van der Waals surface area contributed by atoms with E-state index in [9.17, 15) is 22.8 Å². The third-order valence-electron chi connectivity index (χ3n) is 3.28. The molecule has 0 aliphatic rings. The SMILES string of the molecule is CC(OC(=O)CCSc1ccc(F)cc1)C(=O)Nc1c(F)cccc1F. The monoisotopic (exact) mass is 383 g/mol. The van der Waals surface area contributed by atoms with Gasteiger partial charge in [0.15, 0.2) is 6.10 Å². The fourth-order valence-corrected chi connectivity index (χ4v) is 2.77. The summed E-state index contributed by atoms with van der Waals surface area (Å²) in [6.45, 7) is 1.30. The Balaban J connectivity index is 1.78. The Morgan fingerprint density at radius 2 is 1.69 bits per heavy atom. The molecule has 2 aromatic rings. The van der Waals surface area contributed by atoms with Gasteiger partial charge in [0.1, 0.15) is 23.1 Å². The van der Waals surface area contributed by atoms with E-state index in [4.69, 9.17) is 4.74 Å². The number of carbonyl (C=O) groups is 2. The van der Waals surface area contributed by atoms with Crippen LogP contribution in [0.4, 0.5) is 18.9 Å². The number of hydrogen-bond acceptors (Lipinski definition) is 4. The summed E-state index contributed by atoms with van der Waals surface area (Å²) in [4.78, 5) is 24.5. The predicted molar refractivity (Wildman–Crippen MR) is 92.3 cm³/mol. The first kappa shape index (κ1) is 19.8. The van der Waals surface area contributed by atoms with Gasteiger partial charge in [-0.25, -0.2) is 13.2 Å². The number of para-hydroxylation sites is 1. The van der Waals surface area contributed by atoms with Crippen LogP contribution < -0.4 is 5.32 Å². The van der Waals surface area contributed by atoms with Crippen molar-refractivity contribution in [3.05, 3.63) is 59.9 Å². The van der Waals surface area contributed by atoms with Crippen molar-refractivity contribution < 1.29 is 27.5 Å². The molecule has 0 fully saturated rings. The lowest BCUT2D eigenvalue weighted by Crippen LogP contribution is -2.30. The lowest BCUT2D eigenvalue weighted by molar-refractivity contribution is -0.152. The summed E-state index contributed by atoms with van der Waals surface area (Å²) in [5.41, 5.74) is -0.590. The molecule has 0 radical (unpaired) electrons. The Hall–Kier alpha value is -2.48. The van der Waals surface area contributed by atoms with E-state index in [1.807, 2.05) is 0 Å². The van der Waals surface area contributed by atoms with Crippen molar-refractivity contribution in [2.75, 3.05) is 11.1 Å². The summed E-state index contributed by atoms with van der Waals surface area (Å²) >= 11 is 1.33. The third-order valence-corrected chi connectivity index (χ3v) is 4.29. The van der Waals surface area contributed by atoms with Crippen LogP contribution in [-0.4, -0.2) is 23.7 Å². The molecule has 0 aliphatic carbocycles. The maximum atomic E-state index is 13.5. The quantitative estimate of drug-likeness (QED) is 0.576. The number of halogens is 3. The van der Waals surface area contributed by atoms with Gasteiger partial charge in [-0.05, 0) is 43.3 Å². The Morgan fingerprint density at radius 3 is 2.31 bits per heavy atom. The second kappa shape index (κ2) is 9.28. The van der Waals surface area contributed by atoms with Crippen molar-refractivity contribution in [3.8, 4) is 0 Å². The molecule has 2 rings (SSSR count). The van der Waals surface area contributed by atoms with Crippen LogP contribution in [0, 0.1) is 17.5 Å². The summed E-state index contributed by atoms with van der Waals surface area (Å²) in [6, 6.07) is 8.98. The van der Waals surface area contributed by atoms with Crippen LogP contribution in [0.5, 0.6) is 0 Å². The van der Waals surface area contributed by atoms with Crippen molar-refractivity contribution in [1.29, 1.82) is 0 Å². The maximum Gasteiger partial charge on any atom is 0.307 e. The molecule has 26 heavy (non-hydrogen) atoms. The molecule has 0 saturated carbocycles. The molecule has 8 heteroatoms. The van der Waals surface area contributed by atoms with E-state index in [0.717, 1.165) is 17.0 Å². The molecule has 1 atom stereocenters. The number of nitrogens with one attached hydrogen (secondary N) is 1. The van der Waals surface area contributed by atoms with Gasteiger partial charge in [0.05, 0.1) is 6.42 Å². The van der Waals surface area contributed by atoms with Crippen molar-refractivity contribution >= 4 is 29.3 Å². The van der Waals surface area contributed by atoms with Gasteiger partial charge in [0.2, 0.25) is 0 Å². The second-order valence-corrected chi connectivity index (χ2v) is 6.44. The lowest BCUT2D eigenvalue weighted by atomic mass is 10.2. The molecular weight excluding hydrogens is 367 g/mol. The molecular formula is C18H16F3NO3S. The molecule has 0 bridgehead atoms. The van der Waals surface area contributed by atoms with Gasteiger partial charge < -0.3 is 10.1 Å². The van der Waals surface area contributed by atoms with Crippen molar-refractivity contribution in [2.45, 2.75) is 24.3 Å². The number of anilines is 1. The Morgan fingerprint density at radius 1 is 1.08 bits per heavy atom. The van der Waals surface area contributed by atoms with Crippen molar-refractivity contribution in [1.82, 2.24) is 0 Å². The molecule has 0 heterocycles. The third kappa shape index (κ3) is 5.80. The summed E-state index contributed by atoms with van der Waals surface area (Å²) in [6.07, 6.45) is -1.19. The van der Waals surface area contributed by atoms with Crippen LogP contribution >= 0.6 is 11.8 Å². The standard InChI is InChI=1S/C18H16F3NO3S/c1-11(18(24)22-17-14(20)3-2-4-15(17)21)25-16(23)9-10-26-13-7-5-12(19)6-8-13/h2-8,11H,9-10H2,1H3,(H,22,24). The predicted octanol–water partition coefficient (Wildman–Crippen LogP) is 4.16. The van der Waals surface area contributed by atoms with Crippen LogP contribution in [0.15, 0.2) is 47.4 Å². The van der Waals surface area contributed by atoms with E-state index in [1.165, 1.54) is 36.9 Å². The van der Waals surface area contributed by atoms with Crippen LogP contribution in [0.3, 0.4) is 0 Å². The molecule has 1 unspecified atom stereocenters. The first-order chi connectivity index (χ1) is 12.4. The lowest BCUT2D eigenvalue weighted by Gasteiger charge is -2.14. The molecule has 1 amide bonds. The number of benzene rings is 2. The molecule has 0 aliphatic heterocycles. The van der Waals surface area contributed by atoms with E-state index in [2.05, 4.69) is 5.32 Å². The highest BCUT2D eigenvalue weighted by Crippen LogP contribution is 2.20. The number of amides is 1. The molecule has 0 spiro atoms. The topological polar surface area (TPSA) is 55.4 Å². The number of esters is 1. The van der Waals surface area contributed by atoms with Crippen LogP contribution in [-0.2, 0) is 14.3 Å². The number of thioether (sulfide) groups is 1. The van der Waals surface area contributed by atoms with Crippen LogP contribution in [0.25, 0.3) is 0 Å². The summed E-state index contributed by atoms with van der Waals surface area (Å²) < 4.78 is 44.7. The molecule has 0 saturated heterocycles. The average Bonchev–Trinajstić information content (AvgIpc) is 2.59. The van der Waals surface area contributed by atoms with Gasteiger partial charge >= 0.3 is 5.97 Å². The van der Waals surface area contributed by atoms with E-state index in [-0.39, 0.29) is 12.2 Å². The largest absolute Gasteiger partial charge is 0.453 e. The summed E-state index contributed by atoms with van der Waals surface area (Å²) in [5.74, 6) is -3.29. The highest BCUT2D eigenvalue weighted by molar-refractivity contribution is 7.99. The van der Waals surface area contributed by atoms with Gasteiger partial charge in [-0.2, -0.15) is 0 Å². The Kier molecular flexibility index (Phi) is 7.08. The number of ether oxygens (including phenoxy) is 1. The number of carbonyl (C=O) groups excluding carboxylic acids is 2. The molecule has 2 aromatic carbocycles. The molecule has 4 nitrogen and oxygen atoms in total.